The summed E-state index contributed by atoms with van der Waals surface area (Å²) in [4.78, 5) is 15.5. The second kappa shape index (κ2) is 4.43. The molecular formula is C11H12N2O. The van der Waals surface area contributed by atoms with E-state index in [1.54, 1.807) is 12.1 Å². The molecular weight excluding hydrogens is 176 g/mol. The summed E-state index contributed by atoms with van der Waals surface area (Å²) < 4.78 is 0. The van der Waals surface area contributed by atoms with Crippen LogP contribution < -0.4 is 5.32 Å². The molecule has 72 valence electrons. The Morgan fingerprint density at radius 3 is 2.93 bits per heavy atom. The van der Waals surface area contributed by atoms with Crippen LogP contribution in [0.1, 0.15) is 28.7 Å². The highest BCUT2D eigenvalue weighted by Crippen LogP contribution is 2.04. The van der Waals surface area contributed by atoms with E-state index in [9.17, 15) is 4.79 Å². The Labute approximate surface area is 83.6 Å². The third-order valence-electron chi connectivity index (χ3n) is 1.70. The molecule has 0 saturated carbocycles. The number of carbonyl (C=O) groups is 1. The highest BCUT2D eigenvalue weighted by atomic mass is 16.1. The number of carbonyl (C=O) groups excluding carboxylic acids is 1. The Kier molecular flexibility index (Phi) is 3.24. The lowest BCUT2D eigenvalue weighted by molar-refractivity contribution is 0.0955. The van der Waals surface area contributed by atoms with Crippen molar-refractivity contribution >= 4 is 5.91 Å². The second-order valence-electron chi connectivity index (χ2n) is 2.89. The molecule has 0 fully saturated rings. The number of pyridine rings is 1. The fraction of sp³-hybridized carbons (Fsp3) is 0.273. The zero-order valence-electron chi connectivity index (χ0n) is 8.29. The van der Waals surface area contributed by atoms with Crippen molar-refractivity contribution in [2.24, 2.45) is 0 Å². The van der Waals surface area contributed by atoms with Crippen LogP contribution in [-0.2, 0) is 0 Å². The van der Waals surface area contributed by atoms with E-state index in [0.29, 0.717) is 17.8 Å². The van der Waals surface area contributed by atoms with E-state index in [4.69, 9.17) is 6.42 Å². The van der Waals surface area contributed by atoms with Gasteiger partial charge in [-0.05, 0) is 26.0 Å². The van der Waals surface area contributed by atoms with E-state index in [1.165, 1.54) is 0 Å². The zero-order valence-corrected chi connectivity index (χ0v) is 8.29. The van der Waals surface area contributed by atoms with E-state index >= 15 is 0 Å². The SMILES string of the molecule is C#Cc1cc(C(=O)NCC)cc(C)n1. The molecule has 14 heavy (non-hydrogen) atoms. The molecule has 0 aliphatic heterocycles. The van der Waals surface area contributed by atoms with E-state index in [0.717, 1.165) is 5.69 Å². The number of hydrogen-bond acceptors (Lipinski definition) is 2. The molecule has 1 rings (SSSR count). The van der Waals surface area contributed by atoms with E-state index in [2.05, 4.69) is 16.2 Å². The van der Waals surface area contributed by atoms with Crippen molar-refractivity contribution in [3.8, 4) is 12.3 Å². The molecule has 1 aromatic heterocycles. The Morgan fingerprint density at radius 1 is 1.64 bits per heavy atom. The van der Waals surface area contributed by atoms with Crippen molar-refractivity contribution in [3.05, 3.63) is 29.1 Å². The molecule has 1 heterocycles. The summed E-state index contributed by atoms with van der Waals surface area (Å²) in [6.07, 6.45) is 5.22. The topological polar surface area (TPSA) is 42.0 Å². The molecule has 3 heteroatoms. The summed E-state index contributed by atoms with van der Waals surface area (Å²) in [5, 5.41) is 2.71. The molecule has 3 nitrogen and oxygen atoms in total. The predicted molar refractivity (Wildman–Crippen MR) is 54.9 cm³/mol. The summed E-state index contributed by atoms with van der Waals surface area (Å²) in [6, 6.07) is 3.32. The lowest BCUT2D eigenvalue weighted by atomic mass is 10.2. The van der Waals surface area contributed by atoms with Gasteiger partial charge in [0.25, 0.3) is 5.91 Å². The lowest BCUT2D eigenvalue weighted by Crippen LogP contribution is -2.22. The zero-order chi connectivity index (χ0) is 10.6. The fourth-order valence-electron chi connectivity index (χ4n) is 1.14. The van der Waals surface area contributed by atoms with Crippen molar-refractivity contribution in [3.63, 3.8) is 0 Å². The minimum atomic E-state index is -0.116. The number of amides is 1. The first-order valence-electron chi connectivity index (χ1n) is 4.41. The Balaban J connectivity index is 3.04. The predicted octanol–water partition coefficient (Wildman–Crippen LogP) is 1.12. The van der Waals surface area contributed by atoms with Crippen LogP contribution >= 0.6 is 0 Å². The Morgan fingerprint density at radius 2 is 2.36 bits per heavy atom. The third kappa shape index (κ3) is 2.33. The monoisotopic (exact) mass is 188 g/mol. The van der Waals surface area contributed by atoms with E-state index < -0.39 is 0 Å². The average molecular weight is 188 g/mol. The maximum atomic E-state index is 11.5. The molecule has 0 spiro atoms. The summed E-state index contributed by atoms with van der Waals surface area (Å²) in [7, 11) is 0. The largest absolute Gasteiger partial charge is 0.352 e. The normalized spacial score (nSPS) is 9.21. The lowest BCUT2D eigenvalue weighted by Gasteiger charge is -2.03. The van der Waals surface area contributed by atoms with Crippen molar-refractivity contribution in [2.45, 2.75) is 13.8 Å². The molecule has 0 saturated heterocycles. The van der Waals surface area contributed by atoms with Gasteiger partial charge >= 0.3 is 0 Å². The summed E-state index contributed by atoms with van der Waals surface area (Å²) in [6.45, 7) is 4.28. The Bertz CT molecular complexity index is 391. The van der Waals surface area contributed by atoms with Gasteiger partial charge in [-0.25, -0.2) is 4.98 Å². The molecule has 0 aromatic carbocycles. The first kappa shape index (κ1) is 10.3. The van der Waals surface area contributed by atoms with Crippen molar-refractivity contribution in [1.82, 2.24) is 10.3 Å². The van der Waals surface area contributed by atoms with Gasteiger partial charge in [0.15, 0.2) is 0 Å². The summed E-state index contributed by atoms with van der Waals surface area (Å²) >= 11 is 0. The molecule has 1 aromatic rings. The molecule has 0 aliphatic carbocycles. The minimum Gasteiger partial charge on any atom is -0.352 e. The highest BCUT2D eigenvalue weighted by molar-refractivity contribution is 5.94. The summed E-state index contributed by atoms with van der Waals surface area (Å²) in [5.74, 6) is 2.30. The smallest absolute Gasteiger partial charge is 0.251 e. The second-order valence-corrected chi connectivity index (χ2v) is 2.89. The van der Waals surface area contributed by atoms with Gasteiger partial charge in [0, 0.05) is 17.8 Å². The number of terminal acetylenes is 1. The fourth-order valence-corrected chi connectivity index (χ4v) is 1.14. The molecule has 1 N–H and O–H groups in total. The summed E-state index contributed by atoms with van der Waals surface area (Å²) in [5.41, 5.74) is 1.81. The first-order valence-corrected chi connectivity index (χ1v) is 4.41. The van der Waals surface area contributed by atoms with Crippen LogP contribution in [0, 0.1) is 19.3 Å². The quantitative estimate of drug-likeness (QED) is 0.707. The molecule has 0 bridgehead atoms. The number of nitrogens with zero attached hydrogens (tertiary/aromatic N) is 1. The molecule has 1 amide bonds. The van der Waals surface area contributed by atoms with Crippen LogP contribution in [0.25, 0.3) is 0 Å². The molecule has 0 aliphatic rings. The van der Waals surface area contributed by atoms with Crippen LogP contribution in [0.15, 0.2) is 12.1 Å². The molecule has 0 radical (unpaired) electrons. The van der Waals surface area contributed by atoms with Crippen molar-refractivity contribution in [1.29, 1.82) is 0 Å². The molecule has 0 unspecified atom stereocenters. The number of nitrogens with one attached hydrogen (secondary N) is 1. The van der Waals surface area contributed by atoms with Gasteiger partial charge in [0.1, 0.15) is 5.69 Å². The minimum absolute atomic E-state index is 0.116. The number of aryl methyl sites for hydroxylation is 1. The van der Waals surface area contributed by atoms with Gasteiger partial charge in [-0.15, -0.1) is 6.42 Å². The highest BCUT2D eigenvalue weighted by Gasteiger charge is 2.05. The van der Waals surface area contributed by atoms with E-state index in [1.807, 2.05) is 13.8 Å². The van der Waals surface area contributed by atoms with Gasteiger partial charge in [-0.3, -0.25) is 4.79 Å². The Hall–Kier alpha value is -1.82. The van der Waals surface area contributed by atoms with Gasteiger partial charge < -0.3 is 5.32 Å². The van der Waals surface area contributed by atoms with Gasteiger partial charge in [-0.1, -0.05) is 5.92 Å². The van der Waals surface area contributed by atoms with Crippen molar-refractivity contribution < 1.29 is 4.79 Å². The van der Waals surface area contributed by atoms with Crippen LogP contribution in [-0.4, -0.2) is 17.4 Å². The third-order valence-corrected chi connectivity index (χ3v) is 1.70. The van der Waals surface area contributed by atoms with Crippen LogP contribution in [0.3, 0.4) is 0 Å². The number of rotatable bonds is 2. The van der Waals surface area contributed by atoms with E-state index in [-0.39, 0.29) is 5.91 Å². The van der Waals surface area contributed by atoms with Gasteiger partial charge in [-0.2, -0.15) is 0 Å². The maximum Gasteiger partial charge on any atom is 0.251 e. The van der Waals surface area contributed by atoms with Crippen LogP contribution in [0.5, 0.6) is 0 Å². The average Bonchev–Trinajstić information content (AvgIpc) is 2.17. The first-order chi connectivity index (χ1) is 6.67. The van der Waals surface area contributed by atoms with Gasteiger partial charge in [0.2, 0.25) is 0 Å². The van der Waals surface area contributed by atoms with Crippen LogP contribution in [0.4, 0.5) is 0 Å². The molecule has 0 atom stereocenters. The standard InChI is InChI=1S/C11H12N2O/c1-4-10-7-9(6-8(3)13-10)11(14)12-5-2/h1,6-7H,5H2,2-3H3,(H,12,14). The van der Waals surface area contributed by atoms with Crippen LogP contribution in [0.2, 0.25) is 0 Å². The van der Waals surface area contributed by atoms with Crippen molar-refractivity contribution in [2.75, 3.05) is 6.54 Å². The number of aromatic nitrogens is 1. The van der Waals surface area contributed by atoms with Gasteiger partial charge in [0.05, 0.1) is 0 Å². The maximum absolute atomic E-state index is 11.5. The number of hydrogen-bond donors (Lipinski definition) is 1.